The van der Waals surface area contributed by atoms with Gasteiger partial charge in [0.05, 0.1) is 9.89 Å². The molecule has 2 aromatic rings. The lowest BCUT2D eigenvalue weighted by Crippen LogP contribution is -2.00. The Labute approximate surface area is 116 Å². The molecule has 0 aliphatic carbocycles. The molecule has 18 heavy (non-hydrogen) atoms. The SMILES string of the molecule is OC(Cc1ccc(Br)s1)c1ccc(C(F)F)cc1. The lowest BCUT2D eigenvalue weighted by Gasteiger charge is -2.10. The first-order valence-electron chi connectivity index (χ1n) is 5.36. The Hall–Kier alpha value is -0.780. The minimum Gasteiger partial charge on any atom is -0.388 e. The van der Waals surface area contributed by atoms with E-state index >= 15 is 0 Å². The number of thiophene rings is 1. The van der Waals surface area contributed by atoms with Crippen LogP contribution in [0.3, 0.4) is 0 Å². The van der Waals surface area contributed by atoms with Gasteiger partial charge in [-0.2, -0.15) is 0 Å². The zero-order valence-electron chi connectivity index (χ0n) is 9.32. The van der Waals surface area contributed by atoms with Crippen molar-refractivity contribution in [2.45, 2.75) is 19.0 Å². The van der Waals surface area contributed by atoms with E-state index in [-0.39, 0.29) is 5.56 Å². The highest BCUT2D eigenvalue weighted by molar-refractivity contribution is 9.11. The van der Waals surface area contributed by atoms with Crippen molar-refractivity contribution in [3.8, 4) is 0 Å². The minimum absolute atomic E-state index is 0.0233. The fourth-order valence-corrected chi connectivity index (χ4v) is 3.15. The van der Waals surface area contributed by atoms with Gasteiger partial charge in [0.15, 0.2) is 0 Å². The highest BCUT2D eigenvalue weighted by Crippen LogP contribution is 2.28. The van der Waals surface area contributed by atoms with Crippen LogP contribution in [-0.2, 0) is 6.42 Å². The molecule has 0 saturated carbocycles. The number of hydrogen-bond acceptors (Lipinski definition) is 2. The maximum Gasteiger partial charge on any atom is 0.263 e. The molecule has 1 aromatic heterocycles. The first-order chi connectivity index (χ1) is 8.56. The molecule has 0 spiro atoms. The predicted octanol–water partition coefficient (Wildman–Crippen LogP) is 4.72. The van der Waals surface area contributed by atoms with Gasteiger partial charge in [0.2, 0.25) is 0 Å². The second-order valence-electron chi connectivity index (χ2n) is 3.89. The van der Waals surface area contributed by atoms with Gasteiger partial charge in [-0.05, 0) is 33.6 Å². The first kappa shape index (κ1) is 13.6. The van der Waals surface area contributed by atoms with E-state index < -0.39 is 12.5 Å². The van der Waals surface area contributed by atoms with E-state index in [0.717, 1.165) is 8.66 Å². The number of benzene rings is 1. The fourth-order valence-electron chi connectivity index (χ4n) is 1.63. The summed E-state index contributed by atoms with van der Waals surface area (Å²) in [6.07, 6.45) is -2.64. The molecule has 1 N–H and O–H groups in total. The summed E-state index contributed by atoms with van der Waals surface area (Å²) in [5, 5.41) is 10.0. The van der Waals surface area contributed by atoms with Crippen molar-refractivity contribution in [2.75, 3.05) is 0 Å². The van der Waals surface area contributed by atoms with Gasteiger partial charge in [-0.25, -0.2) is 8.78 Å². The van der Waals surface area contributed by atoms with Gasteiger partial charge in [0.1, 0.15) is 0 Å². The quantitative estimate of drug-likeness (QED) is 0.858. The lowest BCUT2D eigenvalue weighted by molar-refractivity contribution is 0.151. The van der Waals surface area contributed by atoms with Gasteiger partial charge in [0.25, 0.3) is 6.43 Å². The van der Waals surface area contributed by atoms with Crippen molar-refractivity contribution >= 4 is 27.3 Å². The summed E-state index contributed by atoms with van der Waals surface area (Å²) >= 11 is 4.91. The molecule has 0 bridgehead atoms. The second-order valence-corrected chi connectivity index (χ2v) is 6.44. The largest absolute Gasteiger partial charge is 0.388 e. The highest BCUT2D eigenvalue weighted by atomic mass is 79.9. The van der Waals surface area contributed by atoms with Crippen LogP contribution in [0.1, 0.15) is 28.5 Å². The van der Waals surface area contributed by atoms with Crippen LogP contribution in [0.4, 0.5) is 8.78 Å². The van der Waals surface area contributed by atoms with Crippen LogP contribution in [-0.4, -0.2) is 5.11 Å². The van der Waals surface area contributed by atoms with Gasteiger partial charge in [-0.3, -0.25) is 0 Å². The molecule has 1 aromatic carbocycles. The number of aliphatic hydroxyl groups excluding tert-OH is 1. The summed E-state index contributed by atoms with van der Waals surface area (Å²) in [5.41, 5.74) is 0.633. The normalized spacial score (nSPS) is 12.9. The van der Waals surface area contributed by atoms with Crippen LogP contribution >= 0.6 is 27.3 Å². The van der Waals surface area contributed by atoms with Crippen molar-refractivity contribution in [3.05, 3.63) is 56.2 Å². The molecule has 0 aliphatic heterocycles. The number of alkyl halides is 2. The summed E-state index contributed by atoms with van der Waals surface area (Å²) < 4.78 is 25.8. The van der Waals surface area contributed by atoms with Gasteiger partial charge < -0.3 is 5.11 Å². The van der Waals surface area contributed by atoms with E-state index in [1.807, 2.05) is 12.1 Å². The average Bonchev–Trinajstić information content (AvgIpc) is 2.75. The minimum atomic E-state index is -2.47. The van der Waals surface area contributed by atoms with Crippen LogP contribution in [0.15, 0.2) is 40.2 Å². The first-order valence-corrected chi connectivity index (χ1v) is 6.97. The van der Waals surface area contributed by atoms with Gasteiger partial charge in [-0.1, -0.05) is 24.3 Å². The van der Waals surface area contributed by atoms with Crippen LogP contribution in [0, 0.1) is 0 Å². The van der Waals surface area contributed by atoms with Crippen LogP contribution < -0.4 is 0 Å². The van der Waals surface area contributed by atoms with Gasteiger partial charge in [-0.15, -0.1) is 11.3 Å². The molecule has 1 atom stereocenters. The molecule has 1 heterocycles. The third kappa shape index (κ3) is 3.37. The van der Waals surface area contributed by atoms with Gasteiger partial charge >= 0.3 is 0 Å². The fraction of sp³-hybridized carbons (Fsp3) is 0.231. The van der Waals surface area contributed by atoms with E-state index in [1.165, 1.54) is 12.1 Å². The second kappa shape index (κ2) is 5.91. The Morgan fingerprint density at radius 3 is 2.17 bits per heavy atom. The molecular weight excluding hydrogens is 322 g/mol. The Bertz CT molecular complexity index is 510. The molecule has 0 aliphatic rings. The summed E-state index contributed by atoms with van der Waals surface area (Å²) in [6.45, 7) is 0. The molecular formula is C13H11BrF2OS. The number of rotatable bonds is 4. The van der Waals surface area contributed by atoms with Crippen LogP contribution in [0.2, 0.25) is 0 Å². The topological polar surface area (TPSA) is 20.2 Å². The molecule has 96 valence electrons. The smallest absolute Gasteiger partial charge is 0.263 e. The highest BCUT2D eigenvalue weighted by Gasteiger charge is 2.12. The molecule has 1 unspecified atom stereocenters. The zero-order chi connectivity index (χ0) is 13.1. The van der Waals surface area contributed by atoms with Crippen LogP contribution in [0.5, 0.6) is 0 Å². The number of aliphatic hydroxyl groups is 1. The molecule has 1 nitrogen and oxygen atoms in total. The summed E-state index contributed by atoms with van der Waals surface area (Å²) in [6, 6.07) is 9.67. The number of hydrogen-bond donors (Lipinski definition) is 1. The van der Waals surface area contributed by atoms with Crippen molar-refractivity contribution in [1.82, 2.24) is 0 Å². The molecule has 0 fully saturated rings. The molecule has 0 amide bonds. The van der Waals surface area contributed by atoms with E-state index in [0.29, 0.717) is 12.0 Å². The molecule has 2 rings (SSSR count). The number of halogens is 3. The Morgan fingerprint density at radius 1 is 1.06 bits per heavy atom. The lowest BCUT2D eigenvalue weighted by atomic mass is 10.0. The average molecular weight is 333 g/mol. The van der Waals surface area contributed by atoms with Crippen molar-refractivity contribution in [1.29, 1.82) is 0 Å². The zero-order valence-corrected chi connectivity index (χ0v) is 11.7. The summed E-state index contributed by atoms with van der Waals surface area (Å²) in [4.78, 5) is 1.05. The van der Waals surface area contributed by atoms with E-state index in [4.69, 9.17) is 0 Å². The molecule has 0 radical (unpaired) electrons. The third-order valence-corrected chi connectivity index (χ3v) is 4.24. The summed E-state index contributed by atoms with van der Waals surface area (Å²) in [5.74, 6) is 0. The maximum absolute atomic E-state index is 12.4. The molecule has 5 heteroatoms. The molecule has 0 saturated heterocycles. The van der Waals surface area contributed by atoms with Crippen LogP contribution in [0.25, 0.3) is 0 Å². The van der Waals surface area contributed by atoms with E-state index in [1.54, 1.807) is 23.5 Å². The third-order valence-electron chi connectivity index (χ3n) is 2.60. The predicted molar refractivity (Wildman–Crippen MR) is 72.1 cm³/mol. The van der Waals surface area contributed by atoms with Crippen molar-refractivity contribution in [3.63, 3.8) is 0 Å². The maximum atomic E-state index is 12.4. The summed E-state index contributed by atoms with van der Waals surface area (Å²) in [7, 11) is 0. The van der Waals surface area contributed by atoms with E-state index in [9.17, 15) is 13.9 Å². The standard InChI is InChI=1S/C13H11BrF2OS/c14-12-6-5-10(18-12)7-11(17)8-1-3-9(4-2-8)13(15)16/h1-6,11,13,17H,7H2. The Morgan fingerprint density at radius 2 is 1.67 bits per heavy atom. The Balaban J connectivity index is 2.06. The van der Waals surface area contributed by atoms with E-state index in [2.05, 4.69) is 15.9 Å². The monoisotopic (exact) mass is 332 g/mol. The Kier molecular flexibility index (Phi) is 4.48. The van der Waals surface area contributed by atoms with Crippen molar-refractivity contribution < 1.29 is 13.9 Å². The van der Waals surface area contributed by atoms with Gasteiger partial charge in [0, 0.05) is 16.9 Å². The van der Waals surface area contributed by atoms with Crippen molar-refractivity contribution in [2.24, 2.45) is 0 Å².